The van der Waals surface area contributed by atoms with Crippen molar-refractivity contribution in [1.82, 2.24) is 0 Å². The molecule has 0 heterocycles. The Bertz CT molecular complexity index is 602. The normalized spacial score (nSPS) is 25.1. The Morgan fingerprint density at radius 3 is 2.19 bits per heavy atom. The van der Waals surface area contributed by atoms with E-state index in [9.17, 15) is 4.79 Å². The summed E-state index contributed by atoms with van der Waals surface area (Å²) >= 11 is 0. The first kappa shape index (κ1) is 18.9. The first-order chi connectivity index (χ1) is 12.6. The molecule has 0 amide bonds. The van der Waals surface area contributed by atoms with Gasteiger partial charge in [0.1, 0.15) is 6.10 Å². The molecular weight excluding hydrogens is 332 g/mol. The lowest BCUT2D eigenvalue weighted by molar-refractivity contribution is -0.151. The summed E-state index contributed by atoms with van der Waals surface area (Å²) < 4.78 is 21.8. The van der Waals surface area contributed by atoms with Crippen LogP contribution in [0.1, 0.15) is 50.5 Å². The number of rotatable bonds is 6. The van der Waals surface area contributed by atoms with Gasteiger partial charge in [-0.2, -0.15) is 0 Å². The van der Waals surface area contributed by atoms with E-state index in [1.165, 1.54) is 32.1 Å². The van der Waals surface area contributed by atoms with E-state index >= 15 is 0 Å². The second kappa shape index (κ2) is 8.65. The SMILES string of the molecule is COc1cc(CC(=O)O[C@@H]2CC[C@H]3CCCC[C@@H]3C2)cc(OC)c1OC. The molecule has 5 nitrogen and oxygen atoms in total. The standard InChI is InChI=1S/C21H30O5/c1-23-18-10-14(11-19(24-2)21(18)25-3)12-20(22)26-17-9-8-15-6-4-5-7-16(15)13-17/h10-11,15-17H,4-9,12-13H2,1-3H3/t15-,16-,17-/m1/s1. The zero-order valence-electron chi connectivity index (χ0n) is 16.1. The Morgan fingerprint density at radius 2 is 1.58 bits per heavy atom. The molecule has 2 aliphatic rings. The zero-order chi connectivity index (χ0) is 18.5. The van der Waals surface area contributed by atoms with Crippen molar-refractivity contribution in [1.29, 1.82) is 0 Å². The smallest absolute Gasteiger partial charge is 0.310 e. The molecule has 144 valence electrons. The van der Waals surface area contributed by atoms with Gasteiger partial charge in [-0.05, 0) is 48.8 Å². The molecular formula is C21H30O5. The van der Waals surface area contributed by atoms with E-state index in [0.717, 1.165) is 30.2 Å². The van der Waals surface area contributed by atoms with Gasteiger partial charge in [0.15, 0.2) is 11.5 Å². The van der Waals surface area contributed by atoms with Crippen molar-refractivity contribution >= 4 is 5.97 Å². The van der Waals surface area contributed by atoms with Crippen LogP contribution in [-0.4, -0.2) is 33.4 Å². The van der Waals surface area contributed by atoms with Crippen molar-refractivity contribution in [2.75, 3.05) is 21.3 Å². The summed E-state index contributed by atoms with van der Waals surface area (Å²) in [4.78, 5) is 12.5. The Morgan fingerprint density at radius 1 is 0.923 bits per heavy atom. The van der Waals surface area contributed by atoms with Gasteiger partial charge in [-0.25, -0.2) is 0 Å². The predicted molar refractivity (Wildman–Crippen MR) is 99.0 cm³/mol. The molecule has 0 bridgehead atoms. The minimum atomic E-state index is -0.182. The molecule has 5 heteroatoms. The van der Waals surface area contributed by atoms with Crippen LogP contribution in [-0.2, 0) is 16.0 Å². The summed E-state index contributed by atoms with van der Waals surface area (Å²) in [6, 6.07) is 3.61. The summed E-state index contributed by atoms with van der Waals surface area (Å²) in [5.74, 6) is 3.06. The van der Waals surface area contributed by atoms with Crippen LogP contribution in [0.4, 0.5) is 0 Å². The van der Waals surface area contributed by atoms with Gasteiger partial charge in [-0.1, -0.05) is 25.7 Å². The van der Waals surface area contributed by atoms with Crippen molar-refractivity contribution < 1.29 is 23.7 Å². The number of benzene rings is 1. The van der Waals surface area contributed by atoms with Crippen LogP contribution in [0.25, 0.3) is 0 Å². The fourth-order valence-electron chi connectivity index (χ4n) is 4.57. The lowest BCUT2D eigenvalue weighted by Gasteiger charge is -2.38. The second-order valence-corrected chi connectivity index (χ2v) is 7.44. The van der Waals surface area contributed by atoms with Crippen LogP contribution in [0.15, 0.2) is 12.1 Å². The van der Waals surface area contributed by atoms with E-state index < -0.39 is 0 Å². The van der Waals surface area contributed by atoms with Crippen molar-refractivity contribution in [3.05, 3.63) is 17.7 Å². The third-order valence-electron chi connectivity index (χ3n) is 5.86. The maximum atomic E-state index is 12.5. The number of methoxy groups -OCH3 is 3. The summed E-state index contributed by atoms with van der Waals surface area (Å²) in [6.07, 6.45) is 8.87. The van der Waals surface area contributed by atoms with Crippen LogP contribution in [0, 0.1) is 11.8 Å². The van der Waals surface area contributed by atoms with E-state index in [4.69, 9.17) is 18.9 Å². The van der Waals surface area contributed by atoms with Crippen LogP contribution in [0.2, 0.25) is 0 Å². The molecule has 3 atom stereocenters. The number of ether oxygens (including phenoxy) is 4. The van der Waals surface area contributed by atoms with Gasteiger partial charge in [0, 0.05) is 0 Å². The predicted octanol–water partition coefficient (Wildman–Crippen LogP) is 4.16. The van der Waals surface area contributed by atoms with Crippen molar-refractivity contribution in [3.63, 3.8) is 0 Å². The number of esters is 1. The number of carbonyl (C=O) groups is 1. The minimum Gasteiger partial charge on any atom is -0.493 e. The highest BCUT2D eigenvalue weighted by Gasteiger charge is 2.33. The Hall–Kier alpha value is -1.91. The van der Waals surface area contributed by atoms with Crippen LogP contribution >= 0.6 is 0 Å². The van der Waals surface area contributed by atoms with Gasteiger partial charge in [0.05, 0.1) is 27.8 Å². The van der Waals surface area contributed by atoms with Crippen molar-refractivity contribution in [2.24, 2.45) is 11.8 Å². The monoisotopic (exact) mass is 362 g/mol. The van der Waals surface area contributed by atoms with E-state index in [-0.39, 0.29) is 18.5 Å². The first-order valence-electron chi connectivity index (χ1n) is 9.63. The maximum absolute atomic E-state index is 12.5. The van der Waals surface area contributed by atoms with E-state index in [0.29, 0.717) is 17.2 Å². The number of hydrogen-bond donors (Lipinski definition) is 0. The first-order valence-corrected chi connectivity index (χ1v) is 9.63. The van der Waals surface area contributed by atoms with Gasteiger partial charge in [0.25, 0.3) is 0 Å². The highest BCUT2D eigenvalue weighted by Crippen LogP contribution is 2.41. The number of fused-ring (bicyclic) bond motifs is 1. The third-order valence-corrected chi connectivity index (χ3v) is 5.86. The van der Waals surface area contributed by atoms with Crippen LogP contribution < -0.4 is 14.2 Å². The highest BCUT2D eigenvalue weighted by molar-refractivity contribution is 5.73. The number of hydrogen-bond acceptors (Lipinski definition) is 5. The molecule has 1 aromatic rings. The Balaban J connectivity index is 1.61. The third kappa shape index (κ3) is 4.25. The highest BCUT2D eigenvalue weighted by atomic mass is 16.5. The molecule has 0 unspecified atom stereocenters. The molecule has 0 saturated heterocycles. The molecule has 2 saturated carbocycles. The second-order valence-electron chi connectivity index (χ2n) is 7.44. The molecule has 26 heavy (non-hydrogen) atoms. The molecule has 0 spiro atoms. The molecule has 2 fully saturated rings. The molecule has 2 aliphatic carbocycles. The quantitative estimate of drug-likeness (QED) is 0.711. The van der Waals surface area contributed by atoms with Crippen LogP contribution in [0.3, 0.4) is 0 Å². The maximum Gasteiger partial charge on any atom is 0.310 e. The van der Waals surface area contributed by atoms with Gasteiger partial charge in [-0.15, -0.1) is 0 Å². The van der Waals surface area contributed by atoms with Crippen molar-refractivity contribution in [2.45, 2.75) is 57.5 Å². The fourth-order valence-corrected chi connectivity index (χ4v) is 4.57. The zero-order valence-corrected chi connectivity index (χ0v) is 16.1. The molecule has 3 rings (SSSR count). The summed E-state index contributed by atoms with van der Waals surface area (Å²) in [5, 5.41) is 0. The topological polar surface area (TPSA) is 54.0 Å². The van der Waals surface area contributed by atoms with E-state index in [1.54, 1.807) is 33.5 Å². The van der Waals surface area contributed by atoms with Crippen molar-refractivity contribution in [3.8, 4) is 17.2 Å². The molecule has 0 N–H and O–H groups in total. The van der Waals surface area contributed by atoms with E-state index in [1.807, 2.05) is 0 Å². The number of carbonyl (C=O) groups excluding carboxylic acids is 1. The van der Waals surface area contributed by atoms with Crippen LogP contribution in [0.5, 0.6) is 17.2 Å². The minimum absolute atomic E-state index is 0.0730. The summed E-state index contributed by atoms with van der Waals surface area (Å²) in [6.45, 7) is 0. The molecule has 0 aromatic heterocycles. The average molecular weight is 362 g/mol. The summed E-state index contributed by atoms with van der Waals surface area (Å²) in [7, 11) is 4.71. The summed E-state index contributed by atoms with van der Waals surface area (Å²) in [5.41, 5.74) is 0.802. The molecule has 1 aromatic carbocycles. The largest absolute Gasteiger partial charge is 0.493 e. The lowest BCUT2D eigenvalue weighted by Crippen LogP contribution is -2.33. The van der Waals surface area contributed by atoms with Gasteiger partial charge in [-0.3, -0.25) is 4.79 Å². The van der Waals surface area contributed by atoms with E-state index in [2.05, 4.69) is 0 Å². The molecule has 0 radical (unpaired) electrons. The average Bonchev–Trinajstić information content (AvgIpc) is 2.66. The lowest BCUT2D eigenvalue weighted by atomic mass is 9.70. The van der Waals surface area contributed by atoms with Gasteiger partial charge >= 0.3 is 5.97 Å². The molecule has 0 aliphatic heterocycles. The fraction of sp³-hybridized carbons (Fsp3) is 0.667. The Labute approximate surface area is 156 Å². The van der Waals surface area contributed by atoms with Gasteiger partial charge < -0.3 is 18.9 Å². The Kier molecular flexibility index (Phi) is 6.28. The van der Waals surface area contributed by atoms with Gasteiger partial charge in [0.2, 0.25) is 5.75 Å².